The molecule has 0 radical (unpaired) electrons. The van der Waals surface area contributed by atoms with Crippen molar-refractivity contribution in [3.8, 4) is 0 Å². The highest BCUT2D eigenvalue weighted by Crippen LogP contribution is 2.60. The molecule has 2 heterocycles. The summed E-state index contributed by atoms with van der Waals surface area (Å²) in [6.07, 6.45) is 3.51. The summed E-state index contributed by atoms with van der Waals surface area (Å²) in [6.45, 7) is 7.45. The van der Waals surface area contributed by atoms with E-state index >= 15 is 0 Å². The van der Waals surface area contributed by atoms with Crippen LogP contribution in [0.15, 0.2) is 54.6 Å². The fourth-order valence-corrected chi connectivity index (χ4v) is 6.40. The molecule has 1 saturated heterocycles. The fourth-order valence-electron chi connectivity index (χ4n) is 6.40. The SMILES string of the molecule is Cc1cc(C)nc(NC2CCN(CC34CC(c5ccccc53)c3ccccc34)CC2)n1. The number of anilines is 1. The van der Waals surface area contributed by atoms with E-state index < -0.39 is 0 Å². The van der Waals surface area contributed by atoms with Gasteiger partial charge in [-0.3, -0.25) is 0 Å². The summed E-state index contributed by atoms with van der Waals surface area (Å²) in [5.41, 5.74) is 8.48. The quantitative estimate of drug-likeness (QED) is 0.670. The average Bonchev–Trinajstić information content (AvgIpc) is 3.27. The molecule has 158 valence electrons. The van der Waals surface area contributed by atoms with Crippen molar-refractivity contribution in [2.75, 3.05) is 25.0 Å². The predicted molar refractivity (Wildman–Crippen MR) is 125 cm³/mol. The number of nitrogens with one attached hydrogen (secondary N) is 1. The van der Waals surface area contributed by atoms with Crippen LogP contribution in [0.1, 0.15) is 58.8 Å². The number of likely N-dealkylation sites (tertiary alicyclic amines) is 1. The molecule has 2 bridgehead atoms. The van der Waals surface area contributed by atoms with Crippen LogP contribution in [0, 0.1) is 13.8 Å². The summed E-state index contributed by atoms with van der Waals surface area (Å²) >= 11 is 0. The van der Waals surface area contributed by atoms with Crippen molar-refractivity contribution in [1.82, 2.24) is 14.9 Å². The monoisotopic (exact) mass is 410 g/mol. The van der Waals surface area contributed by atoms with Crippen molar-refractivity contribution in [2.24, 2.45) is 0 Å². The number of aromatic nitrogens is 2. The van der Waals surface area contributed by atoms with Crippen molar-refractivity contribution in [2.45, 2.75) is 50.5 Å². The third-order valence-electron chi connectivity index (χ3n) is 7.65. The van der Waals surface area contributed by atoms with Gasteiger partial charge in [0.2, 0.25) is 5.95 Å². The zero-order chi connectivity index (χ0) is 21.0. The third-order valence-corrected chi connectivity index (χ3v) is 7.65. The Morgan fingerprint density at radius 2 is 1.48 bits per heavy atom. The number of benzene rings is 2. The maximum Gasteiger partial charge on any atom is 0.223 e. The molecule has 4 heteroatoms. The molecular formula is C27H30N4. The first-order valence-corrected chi connectivity index (χ1v) is 11.6. The number of rotatable bonds is 4. The van der Waals surface area contributed by atoms with Crippen LogP contribution in [-0.2, 0) is 5.41 Å². The second kappa shape index (κ2) is 7.16. The first-order chi connectivity index (χ1) is 15.1. The third kappa shape index (κ3) is 3.08. The highest BCUT2D eigenvalue weighted by molar-refractivity contribution is 5.62. The molecule has 0 amide bonds. The minimum absolute atomic E-state index is 0.162. The largest absolute Gasteiger partial charge is 0.351 e. The molecule has 3 aromatic rings. The average molecular weight is 411 g/mol. The van der Waals surface area contributed by atoms with Crippen LogP contribution in [0.2, 0.25) is 0 Å². The van der Waals surface area contributed by atoms with Gasteiger partial charge in [0.25, 0.3) is 0 Å². The second-order valence-electron chi connectivity index (χ2n) is 9.68. The molecule has 3 aliphatic rings. The molecule has 6 rings (SSSR count). The summed E-state index contributed by atoms with van der Waals surface area (Å²) in [7, 11) is 0. The molecule has 1 aliphatic heterocycles. The lowest BCUT2D eigenvalue weighted by Crippen LogP contribution is -2.46. The molecule has 2 aliphatic carbocycles. The molecule has 0 atom stereocenters. The first-order valence-electron chi connectivity index (χ1n) is 11.6. The van der Waals surface area contributed by atoms with Gasteiger partial charge in [-0.2, -0.15) is 0 Å². The summed E-state index contributed by atoms with van der Waals surface area (Å²) in [5, 5.41) is 3.59. The molecule has 0 unspecified atom stereocenters. The van der Waals surface area contributed by atoms with E-state index in [4.69, 9.17) is 0 Å². The normalized spacial score (nSPS) is 24.8. The van der Waals surface area contributed by atoms with Crippen molar-refractivity contribution >= 4 is 5.95 Å². The lowest BCUT2D eigenvalue weighted by molar-refractivity contribution is 0.186. The number of piperidine rings is 1. The molecule has 4 nitrogen and oxygen atoms in total. The van der Waals surface area contributed by atoms with E-state index in [1.54, 1.807) is 22.3 Å². The number of hydrogen-bond acceptors (Lipinski definition) is 4. The molecule has 1 aromatic heterocycles. The van der Waals surface area contributed by atoms with Gasteiger partial charge in [0, 0.05) is 48.4 Å². The Balaban J connectivity index is 1.20. The van der Waals surface area contributed by atoms with Gasteiger partial charge < -0.3 is 10.2 Å². The summed E-state index contributed by atoms with van der Waals surface area (Å²) in [5.74, 6) is 1.36. The Morgan fingerprint density at radius 3 is 2.10 bits per heavy atom. The van der Waals surface area contributed by atoms with Crippen LogP contribution in [0.3, 0.4) is 0 Å². The van der Waals surface area contributed by atoms with Crippen molar-refractivity contribution in [3.05, 3.63) is 88.2 Å². The maximum atomic E-state index is 4.57. The van der Waals surface area contributed by atoms with Crippen LogP contribution in [-0.4, -0.2) is 40.5 Å². The summed E-state index contributed by atoms with van der Waals surface area (Å²) in [4.78, 5) is 11.8. The van der Waals surface area contributed by atoms with Gasteiger partial charge in [0.05, 0.1) is 0 Å². The van der Waals surface area contributed by atoms with Gasteiger partial charge in [-0.05, 0) is 61.4 Å². The molecular weight excluding hydrogens is 380 g/mol. The van der Waals surface area contributed by atoms with E-state index in [1.165, 1.54) is 6.42 Å². The Morgan fingerprint density at radius 1 is 0.903 bits per heavy atom. The Bertz CT molecular complexity index is 1060. The summed E-state index contributed by atoms with van der Waals surface area (Å²) < 4.78 is 0. The molecule has 2 aromatic carbocycles. The van der Waals surface area contributed by atoms with Crippen molar-refractivity contribution < 1.29 is 0 Å². The van der Waals surface area contributed by atoms with E-state index in [0.717, 1.165) is 49.8 Å². The van der Waals surface area contributed by atoms with Crippen LogP contribution in [0.4, 0.5) is 5.95 Å². The van der Waals surface area contributed by atoms with Gasteiger partial charge in [-0.25, -0.2) is 9.97 Å². The summed E-state index contributed by atoms with van der Waals surface area (Å²) in [6, 6.07) is 20.8. The highest BCUT2D eigenvalue weighted by atomic mass is 15.2. The lowest BCUT2D eigenvalue weighted by Gasteiger charge is -2.40. The predicted octanol–water partition coefficient (Wildman–Crippen LogP) is 4.81. The van der Waals surface area contributed by atoms with Gasteiger partial charge in [-0.1, -0.05) is 48.5 Å². The zero-order valence-corrected chi connectivity index (χ0v) is 18.4. The zero-order valence-electron chi connectivity index (χ0n) is 18.4. The molecule has 31 heavy (non-hydrogen) atoms. The minimum Gasteiger partial charge on any atom is -0.351 e. The number of fused-ring (bicyclic) bond motifs is 8. The Labute approximate surface area is 184 Å². The standard InChI is InChI=1S/C27H30N4/c1-18-15-19(2)29-26(28-18)30-20-11-13-31(14-12-20)17-27-16-23(21-7-3-5-9-24(21)27)22-8-4-6-10-25(22)27/h3-10,15,20,23H,11-14,16-17H2,1-2H3,(H,28,29,30). The van der Waals surface area contributed by atoms with Gasteiger partial charge in [0.15, 0.2) is 0 Å². The maximum absolute atomic E-state index is 4.57. The van der Waals surface area contributed by atoms with Crippen molar-refractivity contribution in [1.29, 1.82) is 0 Å². The van der Waals surface area contributed by atoms with E-state index in [-0.39, 0.29) is 5.41 Å². The Hall–Kier alpha value is -2.72. The van der Waals surface area contributed by atoms with Crippen LogP contribution in [0.25, 0.3) is 0 Å². The fraction of sp³-hybridized carbons (Fsp3) is 0.407. The van der Waals surface area contributed by atoms with Crippen molar-refractivity contribution in [3.63, 3.8) is 0 Å². The molecule has 0 saturated carbocycles. The lowest BCUT2D eigenvalue weighted by atomic mass is 9.74. The highest BCUT2D eigenvalue weighted by Gasteiger charge is 2.53. The number of aryl methyl sites for hydroxylation is 2. The molecule has 1 fully saturated rings. The first kappa shape index (κ1) is 19.0. The van der Waals surface area contributed by atoms with Gasteiger partial charge in [0.1, 0.15) is 0 Å². The minimum atomic E-state index is 0.162. The van der Waals surface area contributed by atoms with E-state index in [9.17, 15) is 0 Å². The van der Waals surface area contributed by atoms with E-state index in [2.05, 4.69) is 68.7 Å². The van der Waals surface area contributed by atoms with Crippen LogP contribution >= 0.6 is 0 Å². The second-order valence-corrected chi connectivity index (χ2v) is 9.68. The number of hydrogen-bond donors (Lipinski definition) is 1. The molecule has 1 N–H and O–H groups in total. The van der Waals surface area contributed by atoms with E-state index in [1.807, 2.05) is 19.9 Å². The Kier molecular flexibility index (Phi) is 4.39. The van der Waals surface area contributed by atoms with Crippen LogP contribution < -0.4 is 5.32 Å². The number of nitrogens with zero attached hydrogens (tertiary/aromatic N) is 3. The van der Waals surface area contributed by atoms with Crippen LogP contribution in [0.5, 0.6) is 0 Å². The van der Waals surface area contributed by atoms with E-state index in [0.29, 0.717) is 12.0 Å². The van der Waals surface area contributed by atoms with Gasteiger partial charge in [-0.15, -0.1) is 0 Å². The topological polar surface area (TPSA) is 41.1 Å². The molecule has 0 spiro atoms. The van der Waals surface area contributed by atoms with Gasteiger partial charge >= 0.3 is 0 Å². The smallest absolute Gasteiger partial charge is 0.223 e.